The number of non-ortho nitro benzene ring substituents is 1. The summed E-state index contributed by atoms with van der Waals surface area (Å²) in [5.74, 6) is -0.0169. The number of ketones is 1. The Kier molecular flexibility index (Phi) is 4.49. The van der Waals surface area contributed by atoms with Crippen molar-refractivity contribution in [3.63, 3.8) is 0 Å². The van der Waals surface area contributed by atoms with E-state index >= 15 is 0 Å². The van der Waals surface area contributed by atoms with Gasteiger partial charge in [-0.25, -0.2) is 0 Å². The lowest BCUT2D eigenvalue weighted by molar-refractivity contribution is -0.384. The first-order valence-electron chi connectivity index (χ1n) is 8.81. The molecule has 1 heterocycles. The summed E-state index contributed by atoms with van der Waals surface area (Å²) >= 11 is 1.43. The third kappa shape index (κ3) is 3.24. The lowest BCUT2D eigenvalue weighted by atomic mass is 9.96. The highest BCUT2D eigenvalue weighted by molar-refractivity contribution is 7.18. The first-order valence-corrected chi connectivity index (χ1v) is 9.62. The smallest absolute Gasteiger partial charge is 0.270 e. The van der Waals surface area contributed by atoms with E-state index in [0.29, 0.717) is 4.88 Å². The molecule has 0 saturated carbocycles. The molecule has 1 N–H and O–H groups in total. The number of thiophene rings is 1. The van der Waals surface area contributed by atoms with Crippen LogP contribution >= 0.6 is 11.3 Å². The van der Waals surface area contributed by atoms with Crippen molar-refractivity contribution in [1.82, 2.24) is 0 Å². The van der Waals surface area contributed by atoms with Crippen LogP contribution in [0.5, 0.6) is 0 Å². The number of para-hydroxylation sites is 1. The fourth-order valence-corrected chi connectivity index (χ4v) is 4.75. The molecule has 136 valence electrons. The molecule has 0 saturated heterocycles. The number of rotatable bonds is 4. The van der Waals surface area contributed by atoms with Crippen molar-refractivity contribution < 1.29 is 9.72 Å². The van der Waals surface area contributed by atoms with Crippen molar-refractivity contribution in [2.45, 2.75) is 26.2 Å². The lowest BCUT2D eigenvalue weighted by Crippen LogP contribution is -1.96. The molecule has 4 rings (SSSR count). The number of nitro groups is 1. The van der Waals surface area contributed by atoms with Gasteiger partial charge in [0.2, 0.25) is 0 Å². The minimum atomic E-state index is -0.381. The van der Waals surface area contributed by atoms with E-state index in [2.05, 4.69) is 5.32 Å². The quantitative estimate of drug-likeness (QED) is 0.356. The maximum absolute atomic E-state index is 12.4. The van der Waals surface area contributed by atoms with Crippen molar-refractivity contribution in [2.75, 3.05) is 5.32 Å². The third-order valence-corrected chi connectivity index (χ3v) is 6.05. The number of carbonyl (C=O) groups excluding carboxylic acids is 1. The molecule has 6 heteroatoms. The van der Waals surface area contributed by atoms with Crippen LogP contribution in [0.15, 0.2) is 48.5 Å². The van der Waals surface area contributed by atoms with Gasteiger partial charge in [0.15, 0.2) is 5.78 Å². The van der Waals surface area contributed by atoms with Gasteiger partial charge in [0.1, 0.15) is 0 Å². The molecule has 5 nitrogen and oxygen atoms in total. The molecule has 0 amide bonds. The molecule has 1 aliphatic carbocycles. The van der Waals surface area contributed by atoms with Gasteiger partial charge in [-0.05, 0) is 55.0 Å². The lowest BCUT2D eigenvalue weighted by Gasteiger charge is -2.09. The monoisotopic (exact) mass is 378 g/mol. The van der Waals surface area contributed by atoms with E-state index in [0.717, 1.165) is 52.2 Å². The van der Waals surface area contributed by atoms with Crippen molar-refractivity contribution in [1.29, 1.82) is 0 Å². The second-order valence-electron chi connectivity index (χ2n) is 6.61. The van der Waals surface area contributed by atoms with E-state index in [1.54, 1.807) is 19.1 Å². The van der Waals surface area contributed by atoms with E-state index < -0.39 is 0 Å². The molecule has 0 aliphatic heterocycles. The summed E-state index contributed by atoms with van der Waals surface area (Å²) in [5.41, 5.74) is 4.83. The van der Waals surface area contributed by atoms with Crippen LogP contribution in [0.25, 0.3) is 11.1 Å². The Morgan fingerprint density at radius 2 is 1.93 bits per heavy atom. The molecule has 27 heavy (non-hydrogen) atoms. The molecule has 0 radical (unpaired) electrons. The number of Topliss-reactive ketones (excluding diaryl/α,β-unsaturated/α-hetero) is 1. The maximum Gasteiger partial charge on any atom is 0.270 e. The first-order chi connectivity index (χ1) is 13.0. The van der Waals surface area contributed by atoms with Crippen LogP contribution in [0.4, 0.5) is 16.4 Å². The summed E-state index contributed by atoms with van der Waals surface area (Å²) in [7, 11) is 0. The predicted octanol–water partition coefficient (Wildman–Crippen LogP) is 5.76. The Balaban J connectivity index is 1.91. The highest BCUT2D eigenvalue weighted by atomic mass is 32.1. The molecular formula is C21H18N2O3S. The number of nitrogens with zero attached hydrogens (tertiary/aromatic N) is 1. The highest BCUT2D eigenvalue weighted by Gasteiger charge is 2.27. The fourth-order valence-electron chi connectivity index (χ4n) is 3.57. The van der Waals surface area contributed by atoms with Gasteiger partial charge >= 0.3 is 0 Å². The number of fused-ring (bicyclic) bond motifs is 3. The van der Waals surface area contributed by atoms with Crippen LogP contribution in [0.3, 0.4) is 0 Å². The van der Waals surface area contributed by atoms with Crippen molar-refractivity contribution in [2.24, 2.45) is 0 Å². The van der Waals surface area contributed by atoms with Gasteiger partial charge in [-0.15, -0.1) is 11.3 Å². The molecule has 0 atom stereocenters. The zero-order valence-electron chi connectivity index (χ0n) is 14.8. The Morgan fingerprint density at radius 1 is 1.15 bits per heavy atom. The number of hydrogen-bond acceptors (Lipinski definition) is 5. The summed E-state index contributed by atoms with van der Waals surface area (Å²) in [6.45, 7) is 1.56. The van der Waals surface area contributed by atoms with Crippen LogP contribution in [0, 0.1) is 10.1 Å². The van der Waals surface area contributed by atoms with Gasteiger partial charge in [0, 0.05) is 23.4 Å². The topological polar surface area (TPSA) is 72.2 Å². The molecule has 0 fully saturated rings. The van der Waals surface area contributed by atoms with E-state index in [9.17, 15) is 14.9 Å². The number of aryl methyl sites for hydroxylation is 1. The average Bonchev–Trinajstić information content (AvgIpc) is 2.90. The number of nitro benzene ring substituents is 1. The van der Waals surface area contributed by atoms with Gasteiger partial charge in [0.05, 0.1) is 14.8 Å². The average molecular weight is 378 g/mol. The van der Waals surface area contributed by atoms with Crippen molar-refractivity contribution in [3.05, 3.63) is 74.6 Å². The Hall–Kier alpha value is -2.99. The highest BCUT2D eigenvalue weighted by Crippen LogP contribution is 2.46. The normalized spacial score (nSPS) is 12.6. The molecule has 2 aromatic carbocycles. The predicted molar refractivity (Wildman–Crippen MR) is 108 cm³/mol. The molecule has 0 bridgehead atoms. The second kappa shape index (κ2) is 6.96. The minimum absolute atomic E-state index is 0.0169. The van der Waals surface area contributed by atoms with Crippen LogP contribution in [0.1, 0.15) is 34.1 Å². The molecule has 1 aliphatic rings. The number of nitrogens with one attached hydrogen (secondary N) is 1. The van der Waals surface area contributed by atoms with E-state index in [-0.39, 0.29) is 16.4 Å². The van der Waals surface area contributed by atoms with Gasteiger partial charge in [-0.1, -0.05) is 24.3 Å². The first kappa shape index (κ1) is 17.4. The SMILES string of the molecule is CC(=O)c1sc(Nc2ccccc2)c2c1-c1cc([N+](=O)[O-])ccc1CCC2. The Morgan fingerprint density at radius 3 is 2.63 bits per heavy atom. The fraction of sp³-hybridized carbons (Fsp3) is 0.190. The van der Waals surface area contributed by atoms with Gasteiger partial charge in [-0.3, -0.25) is 14.9 Å². The zero-order valence-corrected chi connectivity index (χ0v) is 15.6. The second-order valence-corrected chi connectivity index (χ2v) is 7.63. The maximum atomic E-state index is 12.4. The van der Waals surface area contributed by atoms with Gasteiger partial charge in [-0.2, -0.15) is 0 Å². The molecule has 0 spiro atoms. The number of benzene rings is 2. The summed E-state index contributed by atoms with van der Waals surface area (Å²) in [4.78, 5) is 23.9. The third-order valence-electron chi connectivity index (χ3n) is 4.80. The number of hydrogen-bond donors (Lipinski definition) is 1. The van der Waals surface area contributed by atoms with E-state index in [1.165, 1.54) is 11.3 Å². The summed E-state index contributed by atoms with van der Waals surface area (Å²) < 4.78 is 0. The Labute approximate surface area is 160 Å². The van der Waals surface area contributed by atoms with Crippen LogP contribution in [-0.4, -0.2) is 10.7 Å². The zero-order chi connectivity index (χ0) is 19.0. The summed E-state index contributed by atoms with van der Waals surface area (Å²) in [6.07, 6.45) is 2.61. The summed E-state index contributed by atoms with van der Waals surface area (Å²) in [5, 5.41) is 15.7. The van der Waals surface area contributed by atoms with Crippen molar-refractivity contribution in [3.8, 4) is 11.1 Å². The van der Waals surface area contributed by atoms with E-state index in [4.69, 9.17) is 0 Å². The molecule has 1 aromatic heterocycles. The molecule has 3 aromatic rings. The molecule has 0 unspecified atom stereocenters. The van der Waals surface area contributed by atoms with E-state index in [1.807, 2.05) is 36.4 Å². The number of carbonyl (C=O) groups is 1. The van der Waals surface area contributed by atoms with Gasteiger partial charge < -0.3 is 5.32 Å². The van der Waals surface area contributed by atoms with Crippen LogP contribution < -0.4 is 5.32 Å². The minimum Gasteiger partial charge on any atom is -0.347 e. The van der Waals surface area contributed by atoms with Crippen molar-refractivity contribution >= 4 is 33.5 Å². The standard InChI is InChI=1S/C21H18N2O3S/c1-13(24)20-19-17(21(27-20)22-15-7-3-2-4-8-15)9-5-6-14-10-11-16(23(25)26)12-18(14)19/h2-4,7-8,10-12,22H,5-6,9H2,1H3. The van der Waals surface area contributed by atoms with Crippen LogP contribution in [-0.2, 0) is 12.8 Å². The summed E-state index contributed by atoms with van der Waals surface area (Å²) in [6, 6.07) is 14.8. The Bertz CT molecular complexity index is 1040. The van der Waals surface area contributed by atoms with Crippen LogP contribution in [0.2, 0.25) is 0 Å². The molecular weight excluding hydrogens is 360 g/mol. The number of anilines is 2. The largest absolute Gasteiger partial charge is 0.347 e. The van der Waals surface area contributed by atoms with Gasteiger partial charge in [0.25, 0.3) is 5.69 Å².